The standard InChI is InChI=1S/C21H15N5O2S/c27-29(28,19-10-7-15-3-1-2-4-17(15)13-19)25-18-8-5-16(6-9-18)20-11-12-21-23-22-14-26(21)24-20/h1-14,25H. The molecule has 0 saturated heterocycles. The lowest BCUT2D eigenvalue weighted by molar-refractivity contribution is 0.601. The molecule has 0 aliphatic heterocycles. The number of nitrogens with zero attached hydrogens (tertiary/aromatic N) is 4. The van der Waals surface area contributed by atoms with Gasteiger partial charge in [0.2, 0.25) is 0 Å². The number of rotatable bonds is 4. The maximum atomic E-state index is 12.8. The summed E-state index contributed by atoms with van der Waals surface area (Å²) in [6.45, 7) is 0. The number of nitrogens with one attached hydrogen (secondary N) is 1. The van der Waals surface area contributed by atoms with Crippen molar-refractivity contribution in [2.45, 2.75) is 4.90 Å². The summed E-state index contributed by atoms with van der Waals surface area (Å²) in [7, 11) is -3.69. The maximum Gasteiger partial charge on any atom is 0.261 e. The van der Waals surface area contributed by atoms with Crippen molar-refractivity contribution in [2.75, 3.05) is 4.72 Å². The Balaban J connectivity index is 1.41. The minimum absolute atomic E-state index is 0.222. The monoisotopic (exact) mass is 401 g/mol. The van der Waals surface area contributed by atoms with E-state index in [2.05, 4.69) is 20.0 Å². The van der Waals surface area contributed by atoms with E-state index in [4.69, 9.17) is 0 Å². The maximum absolute atomic E-state index is 12.8. The van der Waals surface area contributed by atoms with E-state index >= 15 is 0 Å². The van der Waals surface area contributed by atoms with Gasteiger partial charge >= 0.3 is 0 Å². The highest BCUT2D eigenvalue weighted by Crippen LogP contribution is 2.23. The summed E-state index contributed by atoms with van der Waals surface area (Å²) in [5.74, 6) is 0. The average molecular weight is 401 g/mol. The molecule has 3 aromatic carbocycles. The Morgan fingerprint density at radius 1 is 0.828 bits per heavy atom. The Bertz CT molecular complexity index is 1440. The van der Waals surface area contributed by atoms with Gasteiger partial charge in [0, 0.05) is 11.3 Å². The first-order valence-electron chi connectivity index (χ1n) is 8.88. The lowest BCUT2D eigenvalue weighted by Crippen LogP contribution is -2.12. The van der Waals surface area contributed by atoms with E-state index in [1.54, 1.807) is 34.8 Å². The molecule has 29 heavy (non-hydrogen) atoms. The minimum atomic E-state index is -3.69. The van der Waals surface area contributed by atoms with Gasteiger partial charge in [-0.3, -0.25) is 4.72 Å². The first-order chi connectivity index (χ1) is 14.1. The molecule has 0 aliphatic rings. The van der Waals surface area contributed by atoms with Crippen LogP contribution in [0.2, 0.25) is 0 Å². The molecule has 0 amide bonds. The fourth-order valence-electron chi connectivity index (χ4n) is 3.14. The van der Waals surface area contributed by atoms with Gasteiger partial charge in [-0.05, 0) is 47.2 Å². The molecular weight excluding hydrogens is 386 g/mol. The Hall–Kier alpha value is -3.78. The number of sulfonamides is 1. The van der Waals surface area contributed by atoms with Crippen LogP contribution < -0.4 is 4.72 Å². The van der Waals surface area contributed by atoms with E-state index in [-0.39, 0.29) is 4.90 Å². The van der Waals surface area contributed by atoms with E-state index in [1.165, 1.54) is 6.33 Å². The van der Waals surface area contributed by atoms with Gasteiger partial charge in [0.05, 0.1) is 10.6 Å². The summed E-state index contributed by atoms with van der Waals surface area (Å²) in [5.41, 5.74) is 2.73. The van der Waals surface area contributed by atoms with Crippen molar-refractivity contribution in [3.8, 4) is 11.3 Å². The predicted molar refractivity (Wildman–Crippen MR) is 111 cm³/mol. The van der Waals surface area contributed by atoms with Crippen molar-refractivity contribution < 1.29 is 8.42 Å². The molecule has 0 spiro atoms. The van der Waals surface area contributed by atoms with Gasteiger partial charge in [0.15, 0.2) is 5.65 Å². The molecule has 5 aromatic rings. The Morgan fingerprint density at radius 3 is 2.45 bits per heavy atom. The van der Waals surface area contributed by atoms with Crippen LogP contribution in [0.25, 0.3) is 27.7 Å². The molecule has 0 aliphatic carbocycles. The highest BCUT2D eigenvalue weighted by molar-refractivity contribution is 7.92. The van der Waals surface area contributed by atoms with Crippen molar-refractivity contribution in [2.24, 2.45) is 0 Å². The zero-order chi connectivity index (χ0) is 19.8. The molecule has 0 saturated carbocycles. The van der Waals surface area contributed by atoms with Crippen LogP contribution in [0.3, 0.4) is 0 Å². The molecule has 0 unspecified atom stereocenters. The third-order valence-electron chi connectivity index (χ3n) is 4.63. The van der Waals surface area contributed by atoms with E-state index < -0.39 is 10.0 Å². The minimum Gasteiger partial charge on any atom is -0.280 e. The normalized spacial score (nSPS) is 11.7. The zero-order valence-corrected chi connectivity index (χ0v) is 15.9. The molecule has 0 radical (unpaired) electrons. The van der Waals surface area contributed by atoms with Gasteiger partial charge in [-0.25, -0.2) is 8.42 Å². The smallest absolute Gasteiger partial charge is 0.261 e. The fourth-order valence-corrected chi connectivity index (χ4v) is 4.23. The summed E-state index contributed by atoms with van der Waals surface area (Å²) in [6, 6.07) is 23.5. The van der Waals surface area contributed by atoms with Gasteiger partial charge in [-0.2, -0.15) is 9.61 Å². The summed E-state index contributed by atoms with van der Waals surface area (Å²) >= 11 is 0. The Kier molecular flexibility index (Phi) is 3.99. The fraction of sp³-hybridized carbons (Fsp3) is 0. The molecule has 5 rings (SSSR count). The number of benzene rings is 3. The van der Waals surface area contributed by atoms with Crippen molar-refractivity contribution in [3.63, 3.8) is 0 Å². The second kappa shape index (κ2) is 6.68. The molecule has 2 aromatic heterocycles. The highest BCUT2D eigenvalue weighted by atomic mass is 32.2. The van der Waals surface area contributed by atoms with Crippen molar-refractivity contribution in [1.29, 1.82) is 0 Å². The molecule has 0 fully saturated rings. The number of aromatic nitrogens is 4. The van der Waals surface area contributed by atoms with Crippen LogP contribution in [0.4, 0.5) is 5.69 Å². The summed E-state index contributed by atoms with van der Waals surface area (Å²) in [6.07, 6.45) is 1.53. The number of fused-ring (bicyclic) bond motifs is 2. The number of hydrogen-bond acceptors (Lipinski definition) is 5. The largest absolute Gasteiger partial charge is 0.280 e. The first-order valence-corrected chi connectivity index (χ1v) is 10.4. The third kappa shape index (κ3) is 3.30. The molecule has 0 atom stereocenters. The molecule has 8 heteroatoms. The average Bonchev–Trinajstić information content (AvgIpc) is 3.21. The Labute approximate surface area is 166 Å². The van der Waals surface area contributed by atoms with Gasteiger partial charge in [0.25, 0.3) is 10.0 Å². The van der Waals surface area contributed by atoms with Crippen LogP contribution in [-0.4, -0.2) is 28.2 Å². The highest BCUT2D eigenvalue weighted by Gasteiger charge is 2.15. The molecule has 142 valence electrons. The topological polar surface area (TPSA) is 89.2 Å². The lowest BCUT2D eigenvalue weighted by Gasteiger charge is -2.10. The van der Waals surface area contributed by atoms with Gasteiger partial charge in [-0.1, -0.05) is 42.5 Å². The van der Waals surface area contributed by atoms with Gasteiger partial charge < -0.3 is 0 Å². The van der Waals surface area contributed by atoms with Crippen molar-refractivity contribution >= 4 is 32.1 Å². The molecule has 0 bridgehead atoms. The van der Waals surface area contributed by atoms with Crippen molar-refractivity contribution in [1.82, 2.24) is 19.8 Å². The van der Waals surface area contributed by atoms with Crippen LogP contribution >= 0.6 is 0 Å². The van der Waals surface area contributed by atoms with Crippen molar-refractivity contribution in [3.05, 3.63) is 85.2 Å². The van der Waals surface area contributed by atoms with Gasteiger partial charge in [-0.15, -0.1) is 10.2 Å². The summed E-state index contributed by atoms with van der Waals surface area (Å²) in [5, 5.41) is 14.1. The first kappa shape index (κ1) is 17.3. The molecule has 2 heterocycles. The van der Waals surface area contributed by atoms with E-state index in [0.717, 1.165) is 22.0 Å². The molecular formula is C21H15N5O2S. The number of hydrogen-bond donors (Lipinski definition) is 1. The zero-order valence-electron chi connectivity index (χ0n) is 15.1. The quantitative estimate of drug-likeness (QED) is 0.495. The lowest BCUT2D eigenvalue weighted by atomic mass is 10.1. The molecule has 1 N–H and O–H groups in total. The van der Waals surface area contributed by atoms with E-state index in [1.807, 2.05) is 48.5 Å². The second-order valence-corrected chi connectivity index (χ2v) is 8.23. The van der Waals surface area contributed by atoms with E-state index in [0.29, 0.717) is 11.3 Å². The summed E-state index contributed by atoms with van der Waals surface area (Å²) < 4.78 is 29.8. The molecule has 7 nitrogen and oxygen atoms in total. The predicted octanol–water partition coefficient (Wildman–Crippen LogP) is 3.75. The van der Waals surface area contributed by atoms with Crippen LogP contribution in [0, 0.1) is 0 Å². The van der Waals surface area contributed by atoms with Crippen LogP contribution in [0.1, 0.15) is 0 Å². The van der Waals surface area contributed by atoms with Crippen LogP contribution in [0.5, 0.6) is 0 Å². The Morgan fingerprint density at radius 2 is 1.62 bits per heavy atom. The third-order valence-corrected chi connectivity index (χ3v) is 6.00. The van der Waals surface area contributed by atoms with Crippen LogP contribution in [-0.2, 0) is 10.0 Å². The van der Waals surface area contributed by atoms with E-state index in [9.17, 15) is 8.42 Å². The van der Waals surface area contributed by atoms with Gasteiger partial charge in [0.1, 0.15) is 6.33 Å². The summed E-state index contributed by atoms with van der Waals surface area (Å²) in [4.78, 5) is 0.222. The second-order valence-electron chi connectivity index (χ2n) is 6.54. The number of anilines is 1. The SMILES string of the molecule is O=S(=O)(Nc1ccc(-c2ccc3nncn3n2)cc1)c1ccc2ccccc2c1. The van der Waals surface area contributed by atoms with Crippen LogP contribution in [0.15, 0.2) is 90.1 Å².